The number of hydrogen-bond donors (Lipinski definition) is 1. The first-order valence-electron chi connectivity index (χ1n) is 6.22. The van der Waals surface area contributed by atoms with Crippen LogP contribution in [-0.4, -0.2) is 18.2 Å². The maximum absolute atomic E-state index is 11.7. The average molecular weight is 328 g/mol. The molecule has 1 aliphatic rings. The number of thioether (sulfide) groups is 1. The Labute approximate surface area is 121 Å². The topological polar surface area (TPSA) is 29.1 Å². The minimum atomic E-state index is 0.145. The molecule has 98 valence electrons. The molecule has 18 heavy (non-hydrogen) atoms. The lowest BCUT2D eigenvalue weighted by atomic mass is 10.2. The Bertz CT molecular complexity index is 457. The molecule has 1 aromatic carbocycles. The van der Waals surface area contributed by atoms with E-state index in [2.05, 4.69) is 47.2 Å². The summed E-state index contributed by atoms with van der Waals surface area (Å²) in [6.07, 6.45) is 2.55. The molecule has 1 amide bonds. The zero-order valence-electron chi connectivity index (χ0n) is 10.8. The first-order valence-corrected chi connectivity index (χ1v) is 8.00. The summed E-state index contributed by atoms with van der Waals surface area (Å²) in [6, 6.07) is 4.25. The number of hydrogen-bond acceptors (Lipinski definition) is 2. The second-order valence-electron chi connectivity index (χ2n) is 4.90. The van der Waals surface area contributed by atoms with Gasteiger partial charge in [-0.3, -0.25) is 4.79 Å². The Kier molecular flexibility index (Phi) is 4.73. The van der Waals surface area contributed by atoms with Crippen molar-refractivity contribution in [1.82, 2.24) is 5.32 Å². The van der Waals surface area contributed by atoms with Crippen molar-refractivity contribution in [2.75, 3.05) is 12.3 Å². The van der Waals surface area contributed by atoms with Gasteiger partial charge in [0.15, 0.2) is 0 Å². The van der Waals surface area contributed by atoms with Crippen molar-refractivity contribution in [3.05, 3.63) is 27.7 Å². The Morgan fingerprint density at radius 1 is 1.39 bits per heavy atom. The maximum atomic E-state index is 11.7. The third-order valence-electron chi connectivity index (χ3n) is 3.10. The van der Waals surface area contributed by atoms with Crippen LogP contribution < -0.4 is 5.32 Å². The van der Waals surface area contributed by atoms with Crippen LogP contribution in [0.5, 0.6) is 0 Å². The normalized spacial score (nSPS) is 14.6. The van der Waals surface area contributed by atoms with E-state index in [1.165, 1.54) is 28.9 Å². The molecule has 1 fully saturated rings. The standard InChI is InChI=1S/C14H18BrNOS/c1-9-6-13(10(2)5-12(9)15)18-8-14(17)16-7-11-3-4-11/h5-6,11H,3-4,7-8H2,1-2H3,(H,16,17). The summed E-state index contributed by atoms with van der Waals surface area (Å²) in [7, 11) is 0. The van der Waals surface area contributed by atoms with Crippen molar-refractivity contribution in [3.63, 3.8) is 0 Å². The Hall–Kier alpha value is -0.480. The van der Waals surface area contributed by atoms with Crippen LogP contribution in [0.2, 0.25) is 0 Å². The van der Waals surface area contributed by atoms with Gasteiger partial charge in [0, 0.05) is 15.9 Å². The lowest BCUT2D eigenvalue weighted by molar-refractivity contribution is -0.118. The molecule has 1 aromatic rings. The number of benzene rings is 1. The molecule has 0 atom stereocenters. The number of nitrogens with one attached hydrogen (secondary N) is 1. The van der Waals surface area contributed by atoms with Gasteiger partial charge in [0.1, 0.15) is 0 Å². The van der Waals surface area contributed by atoms with Crippen molar-refractivity contribution < 1.29 is 4.79 Å². The predicted molar refractivity (Wildman–Crippen MR) is 80.1 cm³/mol. The van der Waals surface area contributed by atoms with Gasteiger partial charge in [-0.1, -0.05) is 15.9 Å². The summed E-state index contributed by atoms with van der Waals surface area (Å²) in [4.78, 5) is 12.9. The summed E-state index contributed by atoms with van der Waals surface area (Å²) >= 11 is 5.14. The van der Waals surface area contributed by atoms with Gasteiger partial charge in [0.2, 0.25) is 5.91 Å². The van der Waals surface area contributed by atoms with E-state index in [0.717, 1.165) is 16.9 Å². The summed E-state index contributed by atoms with van der Waals surface area (Å²) in [5, 5.41) is 2.99. The highest BCUT2D eigenvalue weighted by molar-refractivity contribution is 9.10. The molecular formula is C14H18BrNOS. The molecule has 0 aromatic heterocycles. The van der Waals surface area contributed by atoms with Gasteiger partial charge in [0.05, 0.1) is 5.75 Å². The van der Waals surface area contributed by atoms with E-state index < -0.39 is 0 Å². The predicted octanol–water partition coefficient (Wildman–Crippen LogP) is 3.68. The fourth-order valence-electron chi connectivity index (χ4n) is 1.68. The molecule has 1 aliphatic carbocycles. The second kappa shape index (κ2) is 6.11. The van der Waals surface area contributed by atoms with E-state index in [9.17, 15) is 4.79 Å². The van der Waals surface area contributed by atoms with Crippen LogP contribution in [-0.2, 0) is 4.79 Å². The molecule has 2 rings (SSSR count). The number of aryl methyl sites for hydroxylation is 2. The lowest BCUT2D eigenvalue weighted by Crippen LogP contribution is -2.27. The maximum Gasteiger partial charge on any atom is 0.230 e. The third-order valence-corrected chi connectivity index (χ3v) is 5.11. The van der Waals surface area contributed by atoms with Gasteiger partial charge >= 0.3 is 0 Å². The summed E-state index contributed by atoms with van der Waals surface area (Å²) in [6.45, 7) is 5.01. The first kappa shape index (κ1) is 13.9. The van der Waals surface area contributed by atoms with Gasteiger partial charge in [0.25, 0.3) is 0 Å². The molecule has 4 heteroatoms. The van der Waals surface area contributed by atoms with Crippen LogP contribution in [0, 0.1) is 19.8 Å². The Balaban J connectivity index is 1.84. The molecule has 0 unspecified atom stereocenters. The van der Waals surface area contributed by atoms with Crippen LogP contribution in [0.3, 0.4) is 0 Å². The van der Waals surface area contributed by atoms with Crippen LogP contribution in [0.1, 0.15) is 24.0 Å². The number of amides is 1. The highest BCUT2D eigenvalue weighted by Gasteiger charge is 2.21. The van der Waals surface area contributed by atoms with Crippen molar-refractivity contribution in [2.45, 2.75) is 31.6 Å². The smallest absolute Gasteiger partial charge is 0.230 e. The van der Waals surface area contributed by atoms with E-state index in [4.69, 9.17) is 0 Å². The number of halogens is 1. The van der Waals surface area contributed by atoms with Crippen LogP contribution in [0.4, 0.5) is 0 Å². The van der Waals surface area contributed by atoms with Crippen LogP contribution >= 0.6 is 27.7 Å². The van der Waals surface area contributed by atoms with Gasteiger partial charge in [-0.25, -0.2) is 0 Å². The van der Waals surface area contributed by atoms with E-state index >= 15 is 0 Å². The Morgan fingerprint density at radius 2 is 2.11 bits per heavy atom. The summed E-state index contributed by atoms with van der Waals surface area (Å²) < 4.78 is 1.13. The minimum Gasteiger partial charge on any atom is -0.355 e. The van der Waals surface area contributed by atoms with E-state index in [0.29, 0.717) is 5.75 Å². The molecule has 1 N–H and O–H groups in total. The average Bonchev–Trinajstić information content (AvgIpc) is 3.13. The largest absolute Gasteiger partial charge is 0.355 e. The van der Waals surface area contributed by atoms with E-state index in [-0.39, 0.29) is 5.91 Å². The number of rotatable bonds is 5. The van der Waals surface area contributed by atoms with E-state index in [1.807, 2.05) is 0 Å². The fourth-order valence-corrected chi connectivity index (χ4v) is 3.08. The second-order valence-corrected chi connectivity index (χ2v) is 6.77. The first-order chi connectivity index (χ1) is 8.56. The lowest BCUT2D eigenvalue weighted by Gasteiger charge is -2.09. The Morgan fingerprint density at radius 3 is 2.78 bits per heavy atom. The number of carbonyl (C=O) groups excluding carboxylic acids is 1. The van der Waals surface area contributed by atoms with Crippen molar-refractivity contribution in [2.24, 2.45) is 5.92 Å². The molecule has 0 bridgehead atoms. The molecule has 0 spiro atoms. The molecule has 0 aliphatic heterocycles. The van der Waals surface area contributed by atoms with Crippen LogP contribution in [0.25, 0.3) is 0 Å². The monoisotopic (exact) mass is 327 g/mol. The van der Waals surface area contributed by atoms with Crippen molar-refractivity contribution in [1.29, 1.82) is 0 Å². The molecular weight excluding hydrogens is 310 g/mol. The van der Waals surface area contributed by atoms with Crippen LogP contribution in [0.15, 0.2) is 21.5 Å². The molecule has 2 nitrogen and oxygen atoms in total. The zero-order chi connectivity index (χ0) is 13.1. The van der Waals surface area contributed by atoms with Crippen molar-refractivity contribution in [3.8, 4) is 0 Å². The van der Waals surface area contributed by atoms with Gasteiger partial charge in [-0.15, -0.1) is 11.8 Å². The summed E-state index contributed by atoms with van der Waals surface area (Å²) in [5.41, 5.74) is 2.42. The quantitative estimate of drug-likeness (QED) is 0.836. The fraction of sp³-hybridized carbons (Fsp3) is 0.500. The number of carbonyl (C=O) groups is 1. The third kappa shape index (κ3) is 4.02. The SMILES string of the molecule is Cc1cc(SCC(=O)NCC2CC2)c(C)cc1Br. The highest BCUT2D eigenvalue weighted by atomic mass is 79.9. The zero-order valence-corrected chi connectivity index (χ0v) is 13.2. The molecule has 0 saturated heterocycles. The van der Waals surface area contributed by atoms with Gasteiger partial charge in [-0.05, 0) is 55.9 Å². The van der Waals surface area contributed by atoms with E-state index in [1.54, 1.807) is 11.8 Å². The highest BCUT2D eigenvalue weighted by Crippen LogP contribution is 2.29. The van der Waals surface area contributed by atoms with Crippen molar-refractivity contribution >= 4 is 33.6 Å². The molecule has 0 heterocycles. The summed E-state index contributed by atoms with van der Waals surface area (Å²) in [5.74, 6) is 1.40. The molecule has 1 saturated carbocycles. The van der Waals surface area contributed by atoms with Gasteiger partial charge in [-0.2, -0.15) is 0 Å². The molecule has 0 radical (unpaired) electrons. The van der Waals surface area contributed by atoms with Gasteiger partial charge < -0.3 is 5.32 Å². The minimum absolute atomic E-state index is 0.145.